The van der Waals surface area contributed by atoms with E-state index < -0.39 is 6.04 Å². The van der Waals surface area contributed by atoms with Gasteiger partial charge >= 0.3 is 5.97 Å². The molecule has 1 atom stereocenters. The summed E-state index contributed by atoms with van der Waals surface area (Å²) in [5.41, 5.74) is 3.45. The Kier molecular flexibility index (Phi) is 4.79. The number of hydrogen-bond donors (Lipinski definition) is 0. The number of methoxy groups -OCH3 is 1. The molecule has 0 radical (unpaired) electrons. The van der Waals surface area contributed by atoms with E-state index in [9.17, 15) is 9.59 Å². The van der Waals surface area contributed by atoms with Gasteiger partial charge in [-0.2, -0.15) is 0 Å². The Bertz CT molecular complexity index is 1200. The lowest BCUT2D eigenvalue weighted by atomic mass is 9.95. The van der Waals surface area contributed by atoms with Crippen molar-refractivity contribution >= 4 is 44.4 Å². The first-order chi connectivity index (χ1) is 14.1. The van der Waals surface area contributed by atoms with Crippen LogP contribution in [0.2, 0.25) is 0 Å². The number of ether oxygens (including phenoxy) is 1. The van der Waals surface area contributed by atoms with Crippen LogP contribution in [0.3, 0.4) is 0 Å². The number of fused-ring (bicyclic) bond motifs is 2. The number of esters is 1. The number of thioether (sulfide) groups is 1. The van der Waals surface area contributed by atoms with Crippen LogP contribution in [0, 0.1) is 0 Å². The number of hydrogen-bond acceptors (Lipinski definition) is 4. The molecule has 1 aromatic heterocycles. The van der Waals surface area contributed by atoms with Crippen molar-refractivity contribution in [3.63, 3.8) is 0 Å². The number of halogens is 1. The molecule has 1 fully saturated rings. The molecule has 4 nitrogen and oxygen atoms in total. The lowest BCUT2D eigenvalue weighted by Crippen LogP contribution is -2.30. The topological polar surface area (TPSA) is 48.3 Å². The summed E-state index contributed by atoms with van der Waals surface area (Å²) in [7, 11) is 1.38. The Labute approximate surface area is 181 Å². The number of rotatable bonds is 4. The molecule has 1 aliphatic heterocycles. The Morgan fingerprint density at radius 1 is 1.17 bits per heavy atom. The molecule has 0 unspecified atom stereocenters. The van der Waals surface area contributed by atoms with Crippen molar-refractivity contribution in [1.82, 2.24) is 4.57 Å². The molecule has 0 bridgehead atoms. The quantitative estimate of drug-likeness (QED) is 0.501. The van der Waals surface area contributed by atoms with Crippen LogP contribution >= 0.6 is 27.7 Å². The van der Waals surface area contributed by atoms with Crippen molar-refractivity contribution in [2.75, 3.05) is 12.9 Å². The van der Waals surface area contributed by atoms with Crippen LogP contribution in [-0.2, 0) is 16.0 Å². The SMILES string of the molecule is COC(=O)[C@@H]1CSc2c(C3CC3)c(Cc3ccc(Br)c4ccccc34)cc(=O)n21. The van der Waals surface area contributed by atoms with E-state index >= 15 is 0 Å². The minimum absolute atomic E-state index is 0.110. The van der Waals surface area contributed by atoms with Gasteiger partial charge in [0.05, 0.1) is 12.1 Å². The second kappa shape index (κ2) is 7.33. The summed E-state index contributed by atoms with van der Waals surface area (Å²) in [6.45, 7) is 0. The maximum absolute atomic E-state index is 13.0. The first-order valence-corrected chi connectivity index (χ1v) is 11.5. The average Bonchev–Trinajstić information content (AvgIpc) is 3.47. The fraction of sp³-hybridized carbons (Fsp3) is 0.304. The van der Waals surface area contributed by atoms with Crippen molar-refractivity contribution in [3.05, 3.63) is 74.0 Å². The van der Waals surface area contributed by atoms with Gasteiger partial charge in [-0.1, -0.05) is 46.3 Å². The van der Waals surface area contributed by atoms with Gasteiger partial charge < -0.3 is 4.74 Å². The van der Waals surface area contributed by atoms with Crippen LogP contribution < -0.4 is 5.56 Å². The molecule has 3 aromatic rings. The number of carbonyl (C=O) groups is 1. The van der Waals surface area contributed by atoms with Gasteiger partial charge in [0.2, 0.25) is 0 Å². The number of carbonyl (C=O) groups excluding carboxylic acids is 1. The van der Waals surface area contributed by atoms with Crippen molar-refractivity contribution in [3.8, 4) is 0 Å². The minimum atomic E-state index is -0.521. The molecule has 0 saturated heterocycles. The summed E-state index contributed by atoms with van der Waals surface area (Å²) in [5.74, 6) is 0.705. The standard InChI is InChI=1S/C23H20BrNO3S/c1-28-23(27)19-12-29-22-21(13-6-7-13)15(11-20(26)25(19)22)10-14-8-9-18(24)17-5-3-2-4-16(14)17/h2-5,8-9,11,13,19H,6-7,10,12H2,1H3/t19-/m0/s1. The molecular formula is C23H20BrNO3S. The molecule has 1 saturated carbocycles. The summed E-state index contributed by atoms with van der Waals surface area (Å²) < 4.78 is 7.66. The summed E-state index contributed by atoms with van der Waals surface area (Å²) in [4.78, 5) is 25.2. The van der Waals surface area contributed by atoms with Gasteiger partial charge in [-0.3, -0.25) is 9.36 Å². The summed E-state index contributed by atoms with van der Waals surface area (Å²) >= 11 is 5.26. The molecular weight excluding hydrogens is 450 g/mol. The summed E-state index contributed by atoms with van der Waals surface area (Å²) in [6, 6.07) is 13.8. The van der Waals surface area contributed by atoms with Crippen LogP contribution in [0.4, 0.5) is 0 Å². The van der Waals surface area contributed by atoms with Crippen LogP contribution in [0.25, 0.3) is 10.8 Å². The van der Waals surface area contributed by atoms with Gasteiger partial charge in [0, 0.05) is 16.3 Å². The maximum Gasteiger partial charge on any atom is 0.329 e. The van der Waals surface area contributed by atoms with E-state index in [1.165, 1.54) is 29.0 Å². The van der Waals surface area contributed by atoms with Crippen LogP contribution in [-0.4, -0.2) is 23.4 Å². The predicted octanol–water partition coefficient (Wildman–Crippen LogP) is 5.05. The Morgan fingerprint density at radius 3 is 2.66 bits per heavy atom. The van der Waals surface area contributed by atoms with E-state index in [-0.39, 0.29) is 11.5 Å². The smallest absolute Gasteiger partial charge is 0.329 e. The lowest BCUT2D eigenvalue weighted by Gasteiger charge is -2.17. The van der Waals surface area contributed by atoms with Gasteiger partial charge in [-0.15, -0.1) is 11.8 Å². The molecule has 29 heavy (non-hydrogen) atoms. The maximum atomic E-state index is 13.0. The van der Waals surface area contributed by atoms with E-state index in [4.69, 9.17) is 4.74 Å². The Hall–Kier alpha value is -2.05. The van der Waals surface area contributed by atoms with Crippen molar-refractivity contribution in [2.45, 2.75) is 36.2 Å². The Balaban J connectivity index is 1.65. The largest absolute Gasteiger partial charge is 0.467 e. The van der Waals surface area contributed by atoms with E-state index in [1.54, 1.807) is 22.4 Å². The Morgan fingerprint density at radius 2 is 1.93 bits per heavy atom. The summed E-state index contributed by atoms with van der Waals surface area (Å²) in [5, 5.41) is 3.34. The second-order valence-corrected chi connectivity index (χ2v) is 9.51. The highest BCUT2D eigenvalue weighted by atomic mass is 79.9. The number of pyridine rings is 1. The zero-order chi connectivity index (χ0) is 20.1. The molecule has 2 aromatic carbocycles. The first kappa shape index (κ1) is 18.9. The van der Waals surface area contributed by atoms with Gasteiger partial charge in [0.15, 0.2) is 0 Å². The number of benzene rings is 2. The van der Waals surface area contributed by atoms with Crippen LogP contribution in [0.15, 0.2) is 56.8 Å². The van der Waals surface area contributed by atoms with Crippen molar-refractivity contribution < 1.29 is 9.53 Å². The monoisotopic (exact) mass is 469 g/mol. The van der Waals surface area contributed by atoms with E-state index in [0.29, 0.717) is 18.1 Å². The first-order valence-electron chi connectivity index (χ1n) is 9.73. The van der Waals surface area contributed by atoms with Crippen molar-refractivity contribution in [1.29, 1.82) is 0 Å². The molecule has 1 aliphatic carbocycles. The third-order valence-electron chi connectivity index (χ3n) is 5.82. The average molecular weight is 470 g/mol. The fourth-order valence-corrected chi connectivity index (χ4v) is 6.18. The third-order valence-corrected chi connectivity index (χ3v) is 7.68. The molecule has 0 N–H and O–H groups in total. The highest BCUT2D eigenvalue weighted by molar-refractivity contribution is 9.10. The molecule has 2 heterocycles. The van der Waals surface area contributed by atoms with Crippen LogP contribution in [0.1, 0.15) is 41.5 Å². The molecule has 148 valence electrons. The van der Waals surface area contributed by atoms with Gasteiger partial charge in [-0.25, -0.2) is 4.79 Å². The minimum Gasteiger partial charge on any atom is -0.467 e. The van der Waals surface area contributed by atoms with Gasteiger partial charge in [0.25, 0.3) is 5.56 Å². The number of aromatic nitrogens is 1. The van der Waals surface area contributed by atoms with E-state index in [1.807, 2.05) is 6.07 Å². The molecule has 6 heteroatoms. The number of nitrogens with zero attached hydrogens (tertiary/aromatic N) is 1. The van der Waals surface area contributed by atoms with Gasteiger partial charge in [-0.05, 0) is 58.7 Å². The molecule has 5 rings (SSSR count). The highest BCUT2D eigenvalue weighted by Gasteiger charge is 2.38. The third kappa shape index (κ3) is 3.22. The zero-order valence-corrected chi connectivity index (χ0v) is 18.4. The molecule has 2 aliphatic rings. The zero-order valence-electron chi connectivity index (χ0n) is 16.0. The summed E-state index contributed by atoms with van der Waals surface area (Å²) in [6.07, 6.45) is 3.00. The normalized spacial score (nSPS) is 18.1. The predicted molar refractivity (Wildman–Crippen MR) is 119 cm³/mol. The highest BCUT2D eigenvalue weighted by Crippen LogP contribution is 2.48. The van der Waals surface area contributed by atoms with Gasteiger partial charge in [0.1, 0.15) is 6.04 Å². The van der Waals surface area contributed by atoms with Crippen LogP contribution in [0.5, 0.6) is 0 Å². The molecule has 0 amide bonds. The van der Waals surface area contributed by atoms with Crippen molar-refractivity contribution in [2.24, 2.45) is 0 Å². The second-order valence-electron chi connectivity index (χ2n) is 7.65. The lowest BCUT2D eigenvalue weighted by molar-refractivity contribution is -0.143. The van der Waals surface area contributed by atoms with E-state index in [2.05, 4.69) is 46.3 Å². The molecule has 0 spiro atoms. The van der Waals surface area contributed by atoms with E-state index in [0.717, 1.165) is 27.9 Å². The fourth-order valence-electron chi connectivity index (χ4n) is 4.29.